The van der Waals surface area contributed by atoms with Crippen LogP contribution in [0.2, 0.25) is 0 Å². The van der Waals surface area contributed by atoms with Gasteiger partial charge < -0.3 is 9.84 Å². The molecule has 0 radical (unpaired) electrons. The molecule has 0 amide bonds. The Labute approximate surface area is 216 Å². The van der Waals surface area contributed by atoms with Crippen molar-refractivity contribution in [3.63, 3.8) is 0 Å². The number of ether oxygens (including phenoxy) is 1. The number of Topliss-reactive ketones (excluding diaryl/α,β-unsaturated/α-hetero) is 1. The Morgan fingerprint density at radius 2 is 1.58 bits per heavy atom. The number of hydrogen-bond donors (Lipinski definition) is 1. The fourth-order valence-corrected chi connectivity index (χ4v) is 10.5. The number of fused-ring (bicyclic) bond motifs is 7. The molecule has 0 spiro atoms. The van der Waals surface area contributed by atoms with E-state index in [0.29, 0.717) is 6.42 Å². The lowest BCUT2D eigenvalue weighted by atomic mass is 9.33. The summed E-state index contributed by atoms with van der Waals surface area (Å²) in [6.07, 6.45) is 7.32. The van der Waals surface area contributed by atoms with Crippen LogP contribution in [-0.2, 0) is 19.1 Å². The Hall–Kier alpha value is -1.49. The highest BCUT2D eigenvalue weighted by atomic mass is 16.5. The second-order valence-corrected chi connectivity index (χ2v) is 15.1. The molecule has 0 bridgehead atoms. The van der Waals surface area contributed by atoms with Gasteiger partial charge in [-0.3, -0.25) is 14.4 Å². The predicted octanol–water partition coefficient (Wildman–Crippen LogP) is 5.68. The maximum Gasteiger partial charge on any atom is 0.312 e. The Morgan fingerprint density at radius 3 is 2.22 bits per heavy atom. The Morgan fingerprint density at radius 1 is 0.944 bits per heavy atom. The number of methoxy groups -OCH3 is 1. The maximum absolute atomic E-state index is 14.3. The van der Waals surface area contributed by atoms with Crippen LogP contribution in [0.1, 0.15) is 99.8 Å². The van der Waals surface area contributed by atoms with Crippen molar-refractivity contribution in [3.05, 3.63) is 11.6 Å². The van der Waals surface area contributed by atoms with Crippen molar-refractivity contribution >= 4 is 17.5 Å². The van der Waals surface area contributed by atoms with E-state index in [1.807, 2.05) is 19.9 Å². The summed E-state index contributed by atoms with van der Waals surface area (Å²) in [4.78, 5) is 40.7. The number of aliphatic hydroxyl groups is 1. The molecule has 0 heterocycles. The molecule has 5 heteroatoms. The average molecular weight is 499 g/mol. The first-order valence-electron chi connectivity index (χ1n) is 14.1. The van der Waals surface area contributed by atoms with Crippen LogP contribution in [-0.4, -0.2) is 35.9 Å². The molecule has 0 aliphatic heterocycles. The van der Waals surface area contributed by atoms with Gasteiger partial charge in [-0.15, -0.1) is 0 Å². The van der Waals surface area contributed by atoms with Crippen LogP contribution in [0.5, 0.6) is 0 Å². The third-order valence-corrected chi connectivity index (χ3v) is 12.7. The molecule has 200 valence electrons. The van der Waals surface area contributed by atoms with Gasteiger partial charge in [-0.05, 0) is 90.9 Å². The molecule has 2 unspecified atom stereocenters. The molecule has 5 aliphatic carbocycles. The zero-order valence-electron chi connectivity index (χ0n) is 23.6. The second-order valence-electron chi connectivity index (χ2n) is 15.1. The normalized spacial score (nSPS) is 49.1. The van der Waals surface area contributed by atoms with Crippen molar-refractivity contribution in [2.24, 2.45) is 50.2 Å². The summed E-state index contributed by atoms with van der Waals surface area (Å²) in [6.45, 7) is 15.3. The molecule has 5 rings (SSSR count). The highest BCUT2D eigenvalue weighted by Crippen LogP contribution is 2.75. The molecule has 1 N–H and O–H groups in total. The first kappa shape index (κ1) is 26.1. The second kappa shape index (κ2) is 7.55. The summed E-state index contributed by atoms with van der Waals surface area (Å²) >= 11 is 0. The van der Waals surface area contributed by atoms with Crippen molar-refractivity contribution in [3.8, 4) is 0 Å². The lowest BCUT2D eigenvalue weighted by Gasteiger charge is -2.69. The van der Waals surface area contributed by atoms with Gasteiger partial charge in [0.25, 0.3) is 0 Å². The smallest absolute Gasteiger partial charge is 0.312 e. The minimum Gasteiger partial charge on any atom is -0.469 e. The van der Waals surface area contributed by atoms with Crippen molar-refractivity contribution in [1.29, 1.82) is 0 Å². The van der Waals surface area contributed by atoms with Crippen LogP contribution in [0, 0.1) is 50.2 Å². The van der Waals surface area contributed by atoms with Gasteiger partial charge in [0.05, 0.1) is 12.5 Å². The molecule has 5 aliphatic rings. The highest BCUT2D eigenvalue weighted by Gasteiger charge is 2.71. The number of ketones is 2. The molecule has 36 heavy (non-hydrogen) atoms. The van der Waals surface area contributed by atoms with Crippen LogP contribution in [0.4, 0.5) is 0 Å². The lowest BCUT2D eigenvalue weighted by Crippen LogP contribution is -2.67. The molecule has 0 aromatic carbocycles. The average Bonchev–Trinajstić information content (AvgIpc) is 2.78. The Bertz CT molecular complexity index is 1050. The van der Waals surface area contributed by atoms with Crippen LogP contribution < -0.4 is 0 Å². The number of esters is 1. The lowest BCUT2D eigenvalue weighted by molar-refractivity contribution is -0.194. The number of carbonyl (C=O) groups excluding carboxylic acids is 3. The van der Waals surface area contributed by atoms with Gasteiger partial charge in [-0.25, -0.2) is 0 Å². The van der Waals surface area contributed by atoms with Crippen molar-refractivity contribution < 1.29 is 24.2 Å². The SMILES string of the molecule is COC(=O)[C@]12CCC(C)(C)CC1C1C(=O)C=C3[C@@]4(C)C[C@@H](O)C(=O)C(C)(C)[C@@H]4CC[C@@]3(C)[C@]1(C)CC2. The topological polar surface area (TPSA) is 80.7 Å². The largest absolute Gasteiger partial charge is 0.469 e. The Kier molecular flexibility index (Phi) is 5.48. The van der Waals surface area contributed by atoms with E-state index in [2.05, 4.69) is 34.6 Å². The minimum atomic E-state index is -0.998. The van der Waals surface area contributed by atoms with E-state index in [4.69, 9.17) is 4.74 Å². The summed E-state index contributed by atoms with van der Waals surface area (Å²) in [5, 5.41) is 10.9. The third-order valence-electron chi connectivity index (χ3n) is 12.7. The van der Waals surface area contributed by atoms with Crippen LogP contribution in [0.3, 0.4) is 0 Å². The highest BCUT2D eigenvalue weighted by molar-refractivity contribution is 5.97. The van der Waals surface area contributed by atoms with Crippen LogP contribution >= 0.6 is 0 Å². The van der Waals surface area contributed by atoms with E-state index >= 15 is 0 Å². The monoisotopic (exact) mass is 498 g/mol. The molecule has 4 fully saturated rings. The molecular weight excluding hydrogens is 452 g/mol. The van der Waals surface area contributed by atoms with Gasteiger partial charge in [0.1, 0.15) is 6.10 Å². The molecule has 0 aromatic heterocycles. The van der Waals surface area contributed by atoms with E-state index in [1.54, 1.807) is 0 Å². The molecule has 0 aromatic rings. The van der Waals surface area contributed by atoms with E-state index in [-0.39, 0.29) is 51.5 Å². The zero-order valence-corrected chi connectivity index (χ0v) is 23.6. The summed E-state index contributed by atoms with van der Waals surface area (Å²) in [5.74, 6) is -0.210. The van der Waals surface area contributed by atoms with Crippen LogP contribution in [0.25, 0.3) is 0 Å². The molecule has 5 nitrogen and oxygen atoms in total. The quantitative estimate of drug-likeness (QED) is 0.471. The van der Waals surface area contributed by atoms with E-state index in [9.17, 15) is 19.5 Å². The maximum atomic E-state index is 14.3. The van der Waals surface area contributed by atoms with Gasteiger partial charge in [-0.1, -0.05) is 54.0 Å². The fraction of sp³-hybridized carbons (Fsp3) is 0.839. The summed E-state index contributed by atoms with van der Waals surface area (Å²) in [5.41, 5.74) is -0.901. The summed E-state index contributed by atoms with van der Waals surface area (Å²) in [7, 11) is 1.49. The number of carbonyl (C=O) groups is 3. The van der Waals surface area contributed by atoms with Crippen molar-refractivity contribution in [2.75, 3.05) is 7.11 Å². The number of hydrogen-bond acceptors (Lipinski definition) is 5. The molecular formula is C31H46O5. The summed E-state index contributed by atoms with van der Waals surface area (Å²) < 4.78 is 5.40. The minimum absolute atomic E-state index is 0.0323. The molecule has 4 saturated carbocycles. The Balaban J connectivity index is 1.66. The third kappa shape index (κ3) is 3.01. The standard InChI is InChI=1S/C31H46O5/c1-26(2)11-13-31(25(35)36-8)14-12-30(7)23(18(31)16-26)19(32)15-22-28(5)17-20(33)24(34)27(3,4)21(28)9-10-29(22,30)6/h15,18,20-21,23,33H,9-14,16-17H2,1-8H3/t18?,20-,21+,23?,28+,29-,30-,31+/m1/s1. The number of rotatable bonds is 1. The van der Waals surface area contributed by atoms with Gasteiger partial charge >= 0.3 is 5.97 Å². The van der Waals surface area contributed by atoms with Crippen LogP contribution in [0.15, 0.2) is 11.6 Å². The van der Waals surface area contributed by atoms with Gasteiger partial charge in [0.15, 0.2) is 11.6 Å². The van der Waals surface area contributed by atoms with Crippen molar-refractivity contribution in [1.82, 2.24) is 0 Å². The zero-order chi connectivity index (χ0) is 26.7. The molecule has 0 saturated heterocycles. The first-order chi connectivity index (χ1) is 16.5. The van der Waals surface area contributed by atoms with E-state index in [0.717, 1.165) is 50.5 Å². The van der Waals surface area contributed by atoms with Gasteiger partial charge in [0.2, 0.25) is 0 Å². The molecule has 8 atom stereocenters. The number of allylic oxidation sites excluding steroid dienone is 2. The van der Waals surface area contributed by atoms with E-state index < -0.39 is 22.3 Å². The van der Waals surface area contributed by atoms with Crippen molar-refractivity contribution in [2.45, 2.75) is 106 Å². The van der Waals surface area contributed by atoms with Gasteiger partial charge in [-0.2, -0.15) is 0 Å². The van der Waals surface area contributed by atoms with Gasteiger partial charge in [0, 0.05) is 11.3 Å². The van der Waals surface area contributed by atoms with E-state index in [1.165, 1.54) is 7.11 Å². The first-order valence-corrected chi connectivity index (χ1v) is 14.1. The fourth-order valence-electron chi connectivity index (χ4n) is 10.5. The predicted molar refractivity (Wildman–Crippen MR) is 138 cm³/mol. The summed E-state index contributed by atoms with van der Waals surface area (Å²) in [6, 6.07) is 0. The number of aliphatic hydroxyl groups excluding tert-OH is 1.